The van der Waals surface area contributed by atoms with Crippen LogP contribution in [-0.2, 0) is 16.2 Å². The molecule has 5 nitrogen and oxygen atoms in total. The first-order valence-electron chi connectivity index (χ1n) is 10.5. The van der Waals surface area contributed by atoms with Gasteiger partial charge in [-0.15, -0.1) is 11.8 Å². The highest BCUT2D eigenvalue weighted by Crippen LogP contribution is 2.54. The van der Waals surface area contributed by atoms with Gasteiger partial charge in [0.1, 0.15) is 11.6 Å². The van der Waals surface area contributed by atoms with Crippen LogP contribution in [0.25, 0.3) is 0 Å². The fourth-order valence-electron chi connectivity index (χ4n) is 4.34. The van der Waals surface area contributed by atoms with E-state index in [0.717, 1.165) is 11.1 Å². The lowest BCUT2D eigenvalue weighted by atomic mass is 10.1. The molecule has 5 rings (SSSR count). The summed E-state index contributed by atoms with van der Waals surface area (Å²) in [6.45, 7) is 2.48. The SMILES string of the molecule is Cc1ccc(NC(=O)N2CCSC23C(=O)N(Cc2ccc(F)cc2)c2ccc(F)cc23)cc1. The number of hydrogen-bond donors (Lipinski definition) is 1. The van der Waals surface area contributed by atoms with E-state index in [9.17, 15) is 18.4 Å². The Morgan fingerprint density at radius 3 is 2.45 bits per heavy atom. The molecule has 1 saturated heterocycles. The summed E-state index contributed by atoms with van der Waals surface area (Å²) < 4.78 is 27.7. The number of carbonyl (C=O) groups excluding carboxylic acids is 2. The Bertz CT molecular complexity index is 1230. The highest BCUT2D eigenvalue weighted by Gasteiger charge is 2.59. The molecule has 168 valence electrons. The fraction of sp³-hybridized carbons (Fsp3) is 0.200. The number of nitrogens with one attached hydrogen (secondary N) is 1. The lowest BCUT2D eigenvalue weighted by Gasteiger charge is -2.33. The minimum Gasteiger partial charge on any atom is -0.308 e. The molecule has 1 unspecified atom stereocenters. The lowest BCUT2D eigenvalue weighted by molar-refractivity contribution is -0.123. The first-order valence-corrected chi connectivity index (χ1v) is 11.5. The van der Waals surface area contributed by atoms with E-state index in [1.54, 1.807) is 35.2 Å². The summed E-state index contributed by atoms with van der Waals surface area (Å²) in [6.07, 6.45) is 0. The number of halogens is 2. The van der Waals surface area contributed by atoms with Crippen LogP contribution in [0.3, 0.4) is 0 Å². The van der Waals surface area contributed by atoms with Gasteiger partial charge in [-0.2, -0.15) is 0 Å². The van der Waals surface area contributed by atoms with Crippen LogP contribution >= 0.6 is 11.8 Å². The van der Waals surface area contributed by atoms with Crippen LogP contribution < -0.4 is 10.2 Å². The van der Waals surface area contributed by atoms with E-state index in [1.165, 1.54) is 40.9 Å². The lowest BCUT2D eigenvalue weighted by Crippen LogP contribution is -2.51. The summed E-state index contributed by atoms with van der Waals surface area (Å²) in [5.74, 6) is -0.617. The minimum absolute atomic E-state index is 0.188. The van der Waals surface area contributed by atoms with Crippen LogP contribution in [0.15, 0.2) is 66.7 Å². The molecule has 3 amide bonds. The zero-order valence-electron chi connectivity index (χ0n) is 17.8. The van der Waals surface area contributed by atoms with Gasteiger partial charge in [0.2, 0.25) is 0 Å². The number of benzene rings is 3. The van der Waals surface area contributed by atoms with Crippen molar-refractivity contribution < 1.29 is 18.4 Å². The van der Waals surface area contributed by atoms with E-state index in [0.29, 0.717) is 29.2 Å². The van der Waals surface area contributed by atoms with Crippen molar-refractivity contribution in [2.75, 3.05) is 22.5 Å². The number of nitrogens with zero attached hydrogens (tertiary/aromatic N) is 2. The van der Waals surface area contributed by atoms with E-state index < -0.39 is 16.7 Å². The number of amides is 3. The predicted octanol–water partition coefficient (Wildman–Crippen LogP) is 5.25. The monoisotopic (exact) mass is 465 g/mol. The van der Waals surface area contributed by atoms with Crippen LogP contribution in [0, 0.1) is 18.6 Å². The van der Waals surface area contributed by atoms with Crippen molar-refractivity contribution in [1.82, 2.24) is 4.90 Å². The first kappa shape index (κ1) is 21.5. The van der Waals surface area contributed by atoms with E-state index >= 15 is 0 Å². The van der Waals surface area contributed by atoms with Crippen molar-refractivity contribution in [2.24, 2.45) is 0 Å². The van der Waals surface area contributed by atoms with Crippen LogP contribution in [0.2, 0.25) is 0 Å². The second-order valence-electron chi connectivity index (χ2n) is 8.12. The third kappa shape index (κ3) is 3.64. The van der Waals surface area contributed by atoms with Gasteiger partial charge in [-0.3, -0.25) is 9.69 Å². The summed E-state index contributed by atoms with van der Waals surface area (Å²) in [5.41, 5.74) is 3.42. The smallest absolute Gasteiger partial charge is 0.308 e. The standard InChI is InChI=1S/C25H21F2N3O2S/c1-16-2-9-20(10-3-16)28-24(32)30-12-13-33-25(30)21-14-19(27)8-11-22(21)29(23(25)31)15-17-4-6-18(26)7-5-17/h2-11,14H,12-13,15H2,1H3,(H,28,32). The Balaban J connectivity index is 1.52. The minimum atomic E-state index is -1.35. The molecule has 3 aromatic rings. The normalized spacial score (nSPS) is 19.3. The molecular formula is C25H21F2N3O2S. The highest BCUT2D eigenvalue weighted by molar-refractivity contribution is 8.01. The molecule has 1 spiro atoms. The Morgan fingerprint density at radius 1 is 1.03 bits per heavy atom. The van der Waals surface area contributed by atoms with Gasteiger partial charge >= 0.3 is 6.03 Å². The molecule has 8 heteroatoms. The number of aryl methyl sites for hydroxylation is 1. The van der Waals surface area contributed by atoms with Gasteiger partial charge in [-0.25, -0.2) is 13.6 Å². The predicted molar refractivity (Wildman–Crippen MR) is 125 cm³/mol. The molecule has 0 aliphatic carbocycles. The van der Waals surface area contributed by atoms with Crippen LogP contribution in [-0.4, -0.2) is 29.1 Å². The van der Waals surface area contributed by atoms with Crippen LogP contribution in [0.4, 0.5) is 25.0 Å². The van der Waals surface area contributed by atoms with E-state index in [4.69, 9.17) is 0 Å². The van der Waals surface area contributed by atoms with Gasteiger partial charge in [-0.05, 0) is 55.0 Å². The summed E-state index contributed by atoms with van der Waals surface area (Å²) in [4.78, 5) is 28.8. The molecule has 0 aromatic heterocycles. The Kier molecular flexibility index (Phi) is 5.32. The second-order valence-corrected chi connectivity index (χ2v) is 9.41. The van der Waals surface area contributed by atoms with Gasteiger partial charge in [-0.1, -0.05) is 29.8 Å². The molecule has 2 heterocycles. The average molecular weight is 466 g/mol. The Morgan fingerprint density at radius 2 is 1.73 bits per heavy atom. The van der Waals surface area contributed by atoms with E-state index in [-0.39, 0.29) is 18.3 Å². The molecule has 2 aliphatic heterocycles. The summed E-state index contributed by atoms with van der Waals surface area (Å²) in [5, 5.41) is 2.87. The van der Waals surface area contributed by atoms with Crippen molar-refractivity contribution in [3.05, 3.63) is 95.1 Å². The van der Waals surface area contributed by atoms with Gasteiger partial charge < -0.3 is 10.2 Å². The molecular weight excluding hydrogens is 444 g/mol. The fourth-order valence-corrected chi connectivity index (χ4v) is 5.80. The molecule has 2 aliphatic rings. The maximum absolute atomic E-state index is 14.3. The molecule has 0 bridgehead atoms. The van der Waals surface area contributed by atoms with Gasteiger partial charge in [0, 0.05) is 23.5 Å². The molecule has 0 radical (unpaired) electrons. The number of fused-ring (bicyclic) bond motifs is 2. The molecule has 1 N–H and O–H groups in total. The van der Waals surface area contributed by atoms with E-state index in [2.05, 4.69) is 5.32 Å². The highest BCUT2D eigenvalue weighted by atomic mass is 32.2. The molecule has 1 atom stereocenters. The largest absolute Gasteiger partial charge is 0.323 e. The van der Waals surface area contributed by atoms with Crippen molar-refractivity contribution >= 4 is 35.1 Å². The van der Waals surface area contributed by atoms with Crippen molar-refractivity contribution in [3.63, 3.8) is 0 Å². The average Bonchev–Trinajstić information content (AvgIpc) is 3.34. The van der Waals surface area contributed by atoms with Gasteiger partial charge in [0.05, 0.1) is 12.2 Å². The zero-order valence-corrected chi connectivity index (χ0v) is 18.7. The molecule has 3 aromatic carbocycles. The topological polar surface area (TPSA) is 52.7 Å². The maximum Gasteiger partial charge on any atom is 0.323 e. The number of rotatable bonds is 3. The molecule has 1 fully saturated rings. The number of hydrogen-bond acceptors (Lipinski definition) is 3. The van der Waals surface area contributed by atoms with Gasteiger partial charge in [0.25, 0.3) is 5.91 Å². The summed E-state index contributed by atoms with van der Waals surface area (Å²) >= 11 is 1.33. The quantitative estimate of drug-likeness (QED) is 0.575. The van der Waals surface area contributed by atoms with Crippen LogP contribution in [0.5, 0.6) is 0 Å². The number of carbonyl (C=O) groups is 2. The van der Waals surface area contributed by atoms with Crippen LogP contribution in [0.1, 0.15) is 16.7 Å². The molecule has 33 heavy (non-hydrogen) atoms. The third-order valence-electron chi connectivity index (χ3n) is 5.96. The van der Waals surface area contributed by atoms with Crippen molar-refractivity contribution in [1.29, 1.82) is 0 Å². The Hall–Kier alpha value is -3.39. The maximum atomic E-state index is 14.3. The third-order valence-corrected chi connectivity index (χ3v) is 7.38. The van der Waals surface area contributed by atoms with E-state index in [1.807, 2.05) is 19.1 Å². The summed E-state index contributed by atoms with van der Waals surface area (Å²) in [6, 6.07) is 17.1. The number of urea groups is 1. The number of anilines is 2. The first-order chi connectivity index (χ1) is 15.9. The summed E-state index contributed by atoms with van der Waals surface area (Å²) in [7, 11) is 0. The van der Waals surface area contributed by atoms with Crippen molar-refractivity contribution in [2.45, 2.75) is 18.3 Å². The molecule has 0 saturated carbocycles. The Labute approximate surface area is 194 Å². The second kappa shape index (κ2) is 8.19. The zero-order chi connectivity index (χ0) is 23.2. The van der Waals surface area contributed by atoms with Crippen molar-refractivity contribution in [3.8, 4) is 0 Å². The van der Waals surface area contributed by atoms with Gasteiger partial charge in [0.15, 0.2) is 4.87 Å². The number of thioether (sulfide) groups is 1.